The minimum Gasteiger partial charge on any atom is -0.494 e. The predicted molar refractivity (Wildman–Crippen MR) is 84.2 cm³/mol. The number of rotatable bonds is 4. The van der Waals surface area contributed by atoms with Gasteiger partial charge >= 0.3 is 0 Å². The first kappa shape index (κ1) is 13.9. The number of halogens is 1. The summed E-state index contributed by atoms with van der Waals surface area (Å²) in [5.74, 6) is 1.39. The zero-order valence-electron chi connectivity index (χ0n) is 11.9. The summed E-state index contributed by atoms with van der Waals surface area (Å²) in [5.41, 5.74) is 1.22. The van der Waals surface area contributed by atoms with Gasteiger partial charge in [-0.2, -0.15) is 0 Å². The van der Waals surface area contributed by atoms with Crippen LogP contribution in [0.2, 0.25) is 0 Å². The second-order valence-corrected chi connectivity index (χ2v) is 5.60. The fourth-order valence-corrected chi connectivity index (χ4v) is 3.06. The molecule has 4 heteroatoms. The Labute approximate surface area is 126 Å². The predicted octanol–water partition coefficient (Wildman–Crippen LogP) is 5.40. The highest BCUT2D eigenvalue weighted by atomic mass is 32.1. The summed E-state index contributed by atoms with van der Waals surface area (Å²) in [4.78, 5) is 0. The largest absolute Gasteiger partial charge is 0.494 e. The summed E-state index contributed by atoms with van der Waals surface area (Å²) in [5, 5.41) is 2.75. The Kier molecular flexibility index (Phi) is 3.80. The van der Waals surface area contributed by atoms with E-state index in [1.54, 1.807) is 6.07 Å². The molecule has 1 aromatic heterocycles. The molecule has 0 unspecified atom stereocenters. The van der Waals surface area contributed by atoms with Gasteiger partial charge in [-0.3, -0.25) is 0 Å². The Morgan fingerprint density at radius 2 is 2.00 bits per heavy atom. The number of hydrogen-bond donors (Lipinski definition) is 0. The number of fused-ring (bicyclic) bond motifs is 1. The van der Waals surface area contributed by atoms with Crippen molar-refractivity contribution in [1.82, 2.24) is 0 Å². The molecule has 21 heavy (non-hydrogen) atoms. The van der Waals surface area contributed by atoms with E-state index in [1.807, 2.05) is 23.6 Å². The van der Waals surface area contributed by atoms with E-state index in [0.717, 1.165) is 28.0 Å². The van der Waals surface area contributed by atoms with Crippen molar-refractivity contribution in [3.63, 3.8) is 0 Å². The third-order valence-electron chi connectivity index (χ3n) is 3.35. The van der Waals surface area contributed by atoms with Crippen LogP contribution < -0.4 is 9.47 Å². The molecular formula is C17H15FO2S. The van der Waals surface area contributed by atoms with Gasteiger partial charge in [0.1, 0.15) is 11.5 Å². The van der Waals surface area contributed by atoms with Crippen molar-refractivity contribution in [2.45, 2.75) is 13.3 Å². The quantitative estimate of drug-likeness (QED) is 0.642. The lowest BCUT2D eigenvalue weighted by molar-refractivity contribution is 0.387. The molecule has 0 aliphatic rings. The molecule has 3 aromatic rings. The normalized spacial score (nSPS) is 10.8. The lowest BCUT2D eigenvalue weighted by Crippen LogP contribution is -1.88. The number of hydrogen-bond acceptors (Lipinski definition) is 3. The van der Waals surface area contributed by atoms with E-state index in [0.29, 0.717) is 0 Å². The maximum Gasteiger partial charge on any atom is 0.166 e. The van der Waals surface area contributed by atoms with Crippen molar-refractivity contribution < 1.29 is 13.9 Å². The Bertz CT molecular complexity index is 780. The molecule has 0 radical (unpaired) electrons. The molecular weight excluding hydrogens is 287 g/mol. The molecule has 0 bridgehead atoms. The van der Waals surface area contributed by atoms with Gasteiger partial charge in [-0.1, -0.05) is 19.1 Å². The van der Waals surface area contributed by atoms with Crippen molar-refractivity contribution in [1.29, 1.82) is 0 Å². The van der Waals surface area contributed by atoms with Gasteiger partial charge in [0.2, 0.25) is 0 Å². The van der Waals surface area contributed by atoms with Crippen molar-refractivity contribution in [3.05, 3.63) is 53.2 Å². The lowest BCUT2D eigenvalue weighted by Gasteiger charge is -2.07. The van der Waals surface area contributed by atoms with Crippen LogP contribution >= 0.6 is 11.3 Å². The van der Waals surface area contributed by atoms with E-state index in [4.69, 9.17) is 9.47 Å². The minimum absolute atomic E-state index is 0.230. The molecule has 0 atom stereocenters. The van der Waals surface area contributed by atoms with Crippen LogP contribution in [0.25, 0.3) is 10.1 Å². The Hall–Kier alpha value is -2.07. The van der Waals surface area contributed by atoms with Crippen LogP contribution in [0.4, 0.5) is 4.39 Å². The van der Waals surface area contributed by atoms with E-state index in [9.17, 15) is 4.39 Å². The smallest absolute Gasteiger partial charge is 0.166 e. The molecule has 0 aliphatic carbocycles. The van der Waals surface area contributed by atoms with Crippen LogP contribution in [0, 0.1) is 5.82 Å². The zero-order valence-corrected chi connectivity index (χ0v) is 12.7. The topological polar surface area (TPSA) is 18.5 Å². The van der Waals surface area contributed by atoms with E-state index in [2.05, 4.69) is 13.0 Å². The van der Waals surface area contributed by atoms with Gasteiger partial charge in [-0.15, -0.1) is 11.3 Å². The molecule has 1 heterocycles. The second kappa shape index (κ2) is 5.74. The maximum absolute atomic E-state index is 13.7. The maximum atomic E-state index is 13.7. The first-order valence-corrected chi connectivity index (χ1v) is 7.60. The van der Waals surface area contributed by atoms with Gasteiger partial charge in [0.15, 0.2) is 11.6 Å². The number of thiophene rings is 1. The molecule has 0 amide bonds. The highest BCUT2D eigenvalue weighted by molar-refractivity contribution is 7.17. The van der Waals surface area contributed by atoms with Crippen LogP contribution in [-0.4, -0.2) is 7.11 Å². The first-order chi connectivity index (χ1) is 10.2. The van der Waals surface area contributed by atoms with Gasteiger partial charge in [0.25, 0.3) is 0 Å². The highest BCUT2D eigenvalue weighted by Crippen LogP contribution is 2.38. The second-order valence-electron chi connectivity index (χ2n) is 4.69. The zero-order chi connectivity index (χ0) is 14.8. The summed E-state index contributed by atoms with van der Waals surface area (Å²) in [6.07, 6.45) is 0.959. The molecule has 0 saturated carbocycles. The number of benzene rings is 2. The number of ether oxygens (including phenoxy) is 2. The molecule has 0 fully saturated rings. The minimum atomic E-state index is -0.355. The summed E-state index contributed by atoms with van der Waals surface area (Å²) in [6, 6.07) is 11.1. The molecule has 108 valence electrons. The Morgan fingerprint density at radius 3 is 2.76 bits per heavy atom. The van der Waals surface area contributed by atoms with E-state index in [1.165, 1.54) is 30.1 Å². The summed E-state index contributed by atoms with van der Waals surface area (Å²) in [6.45, 7) is 2.10. The third-order valence-corrected chi connectivity index (χ3v) is 4.27. The van der Waals surface area contributed by atoms with Gasteiger partial charge in [-0.05, 0) is 36.2 Å². The molecule has 0 spiro atoms. The van der Waals surface area contributed by atoms with Crippen molar-refractivity contribution >= 4 is 21.4 Å². The SMILES string of the molecule is CCc1cccc(Oc2csc3cc(F)c(OC)cc23)c1. The summed E-state index contributed by atoms with van der Waals surface area (Å²) >= 11 is 1.46. The van der Waals surface area contributed by atoms with Crippen LogP contribution in [0.3, 0.4) is 0 Å². The van der Waals surface area contributed by atoms with E-state index >= 15 is 0 Å². The monoisotopic (exact) mass is 302 g/mol. The average Bonchev–Trinajstić information content (AvgIpc) is 2.88. The molecule has 3 rings (SSSR count). The van der Waals surface area contributed by atoms with E-state index < -0.39 is 0 Å². The molecule has 0 aliphatic heterocycles. The van der Waals surface area contributed by atoms with Crippen LogP contribution in [-0.2, 0) is 6.42 Å². The number of aryl methyl sites for hydroxylation is 1. The van der Waals surface area contributed by atoms with Crippen LogP contribution in [0.15, 0.2) is 41.8 Å². The van der Waals surface area contributed by atoms with Crippen molar-refractivity contribution in [2.75, 3.05) is 7.11 Å². The highest BCUT2D eigenvalue weighted by Gasteiger charge is 2.12. The Balaban J connectivity index is 2.00. The number of methoxy groups -OCH3 is 1. The van der Waals surface area contributed by atoms with Crippen LogP contribution in [0.5, 0.6) is 17.2 Å². The van der Waals surface area contributed by atoms with Gasteiger partial charge < -0.3 is 9.47 Å². The Morgan fingerprint density at radius 1 is 1.14 bits per heavy atom. The van der Waals surface area contributed by atoms with Crippen molar-refractivity contribution in [3.8, 4) is 17.2 Å². The molecule has 0 saturated heterocycles. The standard InChI is InChI=1S/C17H15FO2S/c1-3-11-5-4-6-12(7-11)20-16-10-21-17-9-14(18)15(19-2)8-13(16)17/h4-10H,3H2,1-2H3. The van der Waals surface area contributed by atoms with E-state index in [-0.39, 0.29) is 11.6 Å². The fraction of sp³-hybridized carbons (Fsp3) is 0.176. The third kappa shape index (κ3) is 2.72. The van der Waals surface area contributed by atoms with Crippen molar-refractivity contribution in [2.24, 2.45) is 0 Å². The summed E-state index contributed by atoms with van der Waals surface area (Å²) in [7, 11) is 1.46. The van der Waals surface area contributed by atoms with Gasteiger partial charge in [0.05, 0.1) is 7.11 Å². The fourth-order valence-electron chi connectivity index (χ4n) is 2.20. The summed E-state index contributed by atoms with van der Waals surface area (Å²) < 4.78 is 25.5. The van der Waals surface area contributed by atoms with Gasteiger partial charge in [-0.25, -0.2) is 4.39 Å². The molecule has 2 aromatic carbocycles. The first-order valence-electron chi connectivity index (χ1n) is 6.72. The molecule has 2 nitrogen and oxygen atoms in total. The lowest BCUT2D eigenvalue weighted by atomic mass is 10.2. The molecule has 0 N–H and O–H groups in total. The van der Waals surface area contributed by atoms with Gasteiger partial charge in [0, 0.05) is 15.5 Å². The van der Waals surface area contributed by atoms with Crippen LogP contribution in [0.1, 0.15) is 12.5 Å². The average molecular weight is 302 g/mol.